The Morgan fingerprint density at radius 3 is 2.62 bits per heavy atom. The van der Waals surface area contributed by atoms with Crippen LogP contribution in [0.5, 0.6) is 5.75 Å². The van der Waals surface area contributed by atoms with Crippen LogP contribution in [0.15, 0.2) is 24.3 Å². The molecule has 0 aliphatic rings. The molecule has 0 aliphatic carbocycles. The van der Waals surface area contributed by atoms with Crippen molar-refractivity contribution in [1.82, 2.24) is 10.6 Å². The summed E-state index contributed by atoms with van der Waals surface area (Å²) in [5.74, 6) is 0.830. The third-order valence-corrected chi connectivity index (χ3v) is 2.77. The van der Waals surface area contributed by atoms with Gasteiger partial charge in [0, 0.05) is 18.1 Å². The van der Waals surface area contributed by atoms with Gasteiger partial charge in [0.1, 0.15) is 5.75 Å². The Hall–Kier alpha value is -1.55. The van der Waals surface area contributed by atoms with E-state index in [0.29, 0.717) is 13.0 Å². The van der Waals surface area contributed by atoms with Crippen molar-refractivity contribution in [2.45, 2.75) is 59.2 Å². The molecule has 4 heteroatoms. The maximum atomic E-state index is 11.5. The largest absolute Gasteiger partial charge is 0.493 e. The Kier molecular flexibility index (Phi) is 6.69. The number of hydrogen-bond acceptors (Lipinski definition) is 3. The first-order chi connectivity index (χ1) is 9.76. The zero-order chi connectivity index (χ0) is 15.9. The minimum atomic E-state index is 0.0237. The van der Waals surface area contributed by atoms with Crippen molar-refractivity contribution in [3.63, 3.8) is 0 Å². The van der Waals surface area contributed by atoms with Gasteiger partial charge >= 0.3 is 0 Å². The molecule has 4 nitrogen and oxygen atoms in total. The Bertz CT molecular complexity index is 450. The summed E-state index contributed by atoms with van der Waals surface area (Å²) in [6.45, 7) is 11.5. The standard InChI is InChI=1S/C17H28N2O2/c1-13(2)19-16(20)9-10-21-15-8-6-7-14(11-15)12-18-17(3,4)5/h6-8,11,13,18H,9-10,12H2,1-5H3,(H,19,20). The van der Waals surface area contributed by atoms with Crippen LogP contribution in [0.25, 0.3) is 0 Å². The van der Waals surface area contributed by atoms with E-state index in [2.05, 4.69) is 37.5 Å². The van der Waals surface area contributed by atoms with E-state index in [1.807, 2.05) is 32.0 Å². The van der Waals surface area contributed by atoms with Gasteiger partial charge in [-0.25, -0.2) is 0 Å². The van der Waals surface area contributed by atoms with Crippen LogP contribution in [0, 0.1) is 0 Å². The van der Waals surface area contributed by atoms with Crippen molar-refractivity contribution in [3.8, 4) is 5.75 Å². The number of ether oxygens (including phenoxy) is 1. The number of nitrogens with one attached hydrogen (secondary N) is 2. The molecule has 0 spiro atoms. The maximum absolute atomic E-state index is 11.5. The summed E-state index contributed by atoms with van der Waals surface area (Å²) in [6, 6.07) is 8.14. The quantitative estimate of drug-likeness (QED) is 0.812. The van der Waals surface area contributed by atoms with E-state index in [0.717, 1.165) is 12.3 Å². The summed E-state index contributed by atoms with van der Waals surface area (Å²) >= 11 is 0. The molecule has 0 heterocycles. The molecule has 1 amide bonds. The molecule has 0 aliphatic heterocycles. The SMILES string of the molecule is CC(C)NC(=O)CCOc1cccc(CNC(C)(C)C)c1. The van der Waals surface area contributed by atoms with Crippen LogP contribution in [-0.4, -0.2) is 24.1 Å². The minimum absolute atomic E-state index is 0.0237. The number of carbonyl (C=O) groups excluding carboxylic acids is 1. The van der Waals surface area contributed by atoms with Crippen LogP contribution in [-0.2, 0) is 11.3 Å². The molecular formula is C17H28N2O2. The monoisotopic (exact) mass is 292 g/mol. The lowest BCUT2D eigenvalue weighted by atomic mass is 10.1. The number of benzene rings is 1. The van der Waals surface area contributed by atoms with Crippen molar-refractivity contribution >= 4 is 5.91 Å². The van der Waals surface area contributed by atoms with Gasteiger partial charge in [-0.1, -0.05) is 12.1 Å². The second-order valence-electron chi connectivity index (χ2n) is 6.57. The summed E-state index contributed by atoms with van der Waals surface area (Å²) in [7, 11) is 0. The van der Waals surface area contributed by atoms with Gasteiger partial charge in [0.05, 0.1) is 13.0 Å². The Balaban J connectivity index is 2.40. The highest BCUT2D eigenvalue weighted by Crippen LogP contribution is 2.14. The van der Waals surface area contributed by atoms with Gasteiger partial charge in [0.15, 0.2) is 0 Å². The van der Waals surface area contributed by atoms with E-state index in [9.17, 15) is 4.79 Å². The highest BCUT2D eigenvalue weighted by Gasteiger charge is 2.08. The number of rotatable bonds is 7. The first-order valence-corrected chi connectivity index (χ1v) is 7.52. The average molecular weight is 292 g/mol. The van der Waals surface area contributed by atoms with Crippen LogP contribution in [0.2, 0.25) is 0 Å². The predicted octanol–water partition coefficient (Wildman–Crippen LogP) is 2.87. The van der Waals surface area contributed by atoms with Crippen LogP contribution in [0.3, 0.4) is 0 Å². The first-order valence-electron chi connectivity index (χ1n) is 7.52. The van der Waals surface area contributed by atoms with E-state index in [1.165, 1.54) is 5.56 Å². The Labute approximate surface area is 128 Å². The van der Waals surface area contributed by atoms with Gasteiger partial charge in [-0.15, -0.1) is 0 Å². The van der Waals surface area contributed by atoms with Crippen LogP contribution in [0.1, 0.15) is 46.6 Å². The molecule has 0 atom stereocenters. The normalized spacial score (nSPS) is 11.5. The number of amides is 1. The number of hydrogen-bond donors (Lipinski definition) is 2. The molecule has 0 bridgehead atoms. The molecule has 1 rings (SSSR count). The Morgan fingerprint density at radius 2 is 2.00 bits per heavy atom. The van der Waals surface area contributed by atoms with Gasteiger partial charge in [-0.05, 0) is 52.3 Å². The highest BCUT2D eigenvalue weighted by molar-refractivity contribution is 5.76. The third kappa shape index (κ3) is 8.35. The van der Waals surface area contributed by atoms with E-state index < -0.39 is 0 Å². The fourth-order valence-corrected chi connectivity index (χ4v) is 1.77. The van der Waals surface area contributed by atoms with Gasteiger partial charge in [-0.2, -0.15) is 0 Å². The molecule has 0 saturated heterocycles. The molecule has 21 heavy (non-hydrogen) atoms. The highest BCUT2D eigenvalue weighted by atomic mass is 16.5. The molecular weight excluding hydrogens is 264 g/mol. The van der Waals surface area contributed by atoms with Crippen molar-refractivity contribution in [1.29, 1.82) is 0 Å². The summed E-state index contributed by atoms with van der Waals surface area (Å²) in [6.07, 6.45) is 0.378. The fourth-order valence-electron chi connectivity index (χ4n) is 1.77. The first kappa shape index (κ1) is 17.5. The molecule has 118 valence electrons. The summed E-state index contributed by atoms with van der Waals surface area (Å²) in [5.41, 5.74) is 1.26. The topological polar surface area (TPSA) is 50.4 Å². The van der Waals surface area contributed by atoms with Gasteiger partial charge in [-0.3, -0.25) is 4.79 Å². The van der Waals surface area contributed by atoms with E-state index in [4.69, 9.17) is 4.74 Å². The molecule has 1 aromatic carbocycles. The number of carbonyl (C=O) groups is 1. The molecule has 0 aromatic heterocycles. The van der Waals surface area contributed by atoms with Crippen molar-refractivity contribution in [2.24, 2.45) is 0 Å². The summed E-state index contributed by atoms with van der Waals surface area (Å²) in [5, 5.41) is 6.29. The second-order valence-corrected chi connectivity index (χ2v) is 6.57. The van der Waals surface area contributed by atoms with E-state index in [1.54, 1.807) is 0 Å². The second kappa shape index (κ2) is 8.03. The predicted molar refractivity (Wildman–Crippen MR) is 86.4 cm³/mol. The summed E-state index contributed by atoms with van der Waals surface area (Å²) < 4.78 is 5.64. The molecule has 0 radical (unpaired) electrons. The smallest absolute Gasteiger partial charge is 0.223 e. The lowest BCUT2D eigenvalue weighted by Crippen LogP contribution is -2.35. The van der Waals surface area contributed by atoms with Crippen LogP contribution in [0.4, 0.5) is 0 Å². The van der Waals surface area contributed by atoms with E-state index >= 15 is 0 Å². The van der Waals surface area contributed by atoms with Gasteiger partial charge < -0.3 is 15.4 Å². The lowest BCUT2D eigenvalue weighted by molar-refractivity contribution is -0.122. The lowest BCUT2D eigenvalue weighted by Gasteiger charge is -2.20. The Morgan fingerprint density at radius 1 is 1.29 bits per heavy atom. The molecule has 2 N–H and O–H groups in total. The average Bonchev–Trinajstić information content (AvgIpc) is 2.35. The zero-order valence-corrected chi connectivity index (χ0v) is 13.8. The van der Waals surface area contributed by atoms with Crippen molar-refractivity contribution < 1.29 is 9.53 Å². The minimum Gasteiger partial charge on any atom is -0.493 e. The third-order valence-electron chi connectivity index (χ3n) is 2.77. The van der Waals surface area contributed by atoms with Gasteiger partial charge in [0.25, 0.3) is 0 Å². The summed E-state index contributed by atoms with van der Waals surface area (Å²) in [4.78, 5) is 11.5. The molecule has 0 fully saturated rings. The van der Waals surface area contributed by atoms with Crippen molar-refractivity contribution in [3.05, 3.63) is 29.8 Å². The molecule has 0 saturated carbocycles. The van der Waals surface area contributed by atoms with E-state index in [-0.39, 0.29) is 17.5 Å². The molecule has 0 unspecified atom stereocenters. The van der Waals surface area contributed by atoms with Crippen LogP contribution < -0.4 is 15.4 Å². The maximum Gasteiger partial charge on any atom is 0.223 e. The van der Waals surface area contributed by atoms with Gasteiger partial charge in [0.2, 0.25) is 5.91 Å². The van der Waals surface area contributed by atoms with Crippen LogP contribution >= 0.6 is 0 Å². The zero-order valence-electron chi connectivity index (χ0n) is 13.8. The molecule has 1 aromatic rings. The van der Waals surface area contributed by atoms with Crippen molar-refractivity contribution in [2.75, 3.05) is 6.61 Å². The fraction of sp³-hybridized carbons (Fsp3) is 0.588.